The van der Waals surface area contributed by atoms with E-state index < -0.39 is 6.10 Å². The molecule has 0 bridgehead atoms. The number of rotatable bonds is 14. The van der Waals surface area contributed by atoms with Gasteiger partial charge in [-0.3, -0.25) is 4.79 Å². The topological polar surface area (TPSA) is 46.2 Å². The van der Waals surface area contributed by atoms with Crippen molar-refractivity contribution >= 4 is 5.97 Å². The van der Waals surface area contributed by atoms with E-state index in [0.29, 0.717) is 12.8 Å². The summed E-state index contributed by atoms with van der Waals surface area (Å²) in [5, 5.41) is 11.7. The first-order chi connectivity index (χ1) is 10.7. The maximum absolute atomic E-state index is 11.7. The van der Waals surface area contributed by atoms with E-state index in [4.69, 9.17) is 0 Å². The van der Waals surface area contributed by atoms with Gasteiger partial charge in [0.05, 0.1) is 7.11 Å². The van der Waals surface area contributed by atoms with Gasteiger partial charge in [-0.25, -0.2) is 5.11 Å². The highest BCUT2D eigenvalue weighted by atomic mass is 16.5. The van der Waals surface area contributed by atoms with Crippen LogP contribution in [0.15, 0.2) is 24.3 Å². The van der Waals surface area contributed by atoms with Gasteiger partial charge in [-0.05, 0) is 25.7 Å². The van der Waals surface area contributed by atoms with Gasteiger partial charge in [-0.1, -0.05) is 69.8 Å². The van der Waals surface area contributed by atoms with Crippen LogP contribution in [-0.2, 0) is 14.6 Å². The van der Waals surface area contributed by atoms with Crippen molar-refractivity contribution in [1.82, 2.24) is 0 Å². The molecule has 1 unspecified atom stereocenters. The van der Waals surface area contributed by atoms with Crippen LogP contribution in [0.1, 0.15) is 77.6 Å². The van der Waals surface area contributed by atoms with Gasteiger partial charge in [0.15, 0.2) is 0 Å². The maximum Gasteiger partial charge on any atom is 0.305 e. The largest absolute Gasteiger partial charge is 0.469 e. The fourth-order valence-electron chi connectivity index (χ4n) is 2.22. The third kappa shape index (κ3) is 15.3. The third-order valence-electron chi connectivity index (χ3n) is 3.64. The van der Waals surface area contributed by atoms with Crippen LogP contribution in [0.4, 0.5) is 0 Å². The molecule has 1 atom stereocenters. The number of hydrogen-bond donors (Lipinski definition) is 0. The van der Waals surface area contributed by atoms with Gasteiger partial charge >= 0.3 is 5.97 Å². The van der Waals surface area contributed by atoms with Crippen LogP contribution >= 0.6 is 0 Å². The molecule has 0 spiro atoms. The van der Waals surface area contributed by atoms with E-state index in [1.807, 2.05) is 12.2 Å². The predicted octanol–water partition coefficient (Wildman–Crippen LogP) is 5.38. The van der Waals surface area contributed by atoms with Gasteiger partial charge < -0.3 is 4.74 Å². The second-order valence-corrected chi connectivity index (χ2v) is 5.73. The molecule has 0 rings (SSSR count). The number of unbranched alkanes of at least 4 members (excludes halogenated alkanes) is 7. The Balaban J connectivity index is 3.41. The molecule has 0 aliphatic heterocycles. The van der Waals surface area contributed by atoms with Gasteiger partial charge in [-0.2, -0.15) is 0 Å². The summed E-state index contributed by atoms with van der Waals surface area (Å²) < 4.78 is 4.59. The molecule has 3 nitrogen and oxygen atoms in total. The second-order valence-electron chi connectivity index (χ2n) is 5.73. The van der Waals surface area contributed by atoms with Crippen molar-refractivity contribution in [2.75, 3.05) is 7.11 Å². The lowest BCUT2D eigenvalue weighted by molar-refractivity contribution is -0.140. The average molecular weight is 309 g/mol. The number of esters is 1. The zero-order chi connectivity index (χ0) is 16.5. The highest BCUT2D eigenvalue weighted by Gasteiger charge is 2.01. The summed E-state index contributed by atoms with van der Waals surface area (Å²) in [6.45, 7) is 2.20. The maximum atomic E-state index is 11.7. The molecule has 127 valence electrons. The van der Waals surface area contributed by atoms with Crippen LogP contribution in [0.5, 0.6) is 0 Å². The first-order valence-electron chi connectivity index (χ1n) is 8.76. The van der Waals surface area contributed by atoms with Crippen molar-refractivity contribution < 1.29 is 14.6 Å². The van der Waals surface area contributed by atoms with Crippen molar-refractivity contribution in [3.05, 3.63) is 24.3 Å². The van der Waals surface area contributed by atoms with E-state index in [1.54, 1.807) is 6.08 Å². The number of allylic oxidation sites excluding steroid dienone is 3. The zero-order valence-electron chi connectivity index (χ0n) is 14.4. The van der Waals surface area contributed by atoms with Gasteiger partial charge in [0.2, 0.25) is 0 Å². The van der Waals surface area contributed by atoms with E-state index in [2.05, 4.69) is 17.7 Å². The Labute approximate surface area is 136 Å². The normalized spacial score (nSPS) is 13.0. The molecule has 22 heavy (non-hydrogen) atoms. The molecule has 0 saturated carbocycles. The van der Waals surface area contributed by atoms with Crippen LogP contribution in [0, 0.1) is 0 Å². The number of methoxy groups -OCH3 is 1. The van der Waals surface area contributed by atoms with Crippen molar-refractivity contribution in [1.29, 1.82) is 0 Å². The minimum absolute atomic E-state index is 0.132. The minimum atomic E-state index is -0.588. The van der Waals surface area contributed by atoms with Crippen LogP contribution in [0.2, 0.25) is 0 Å². The Morgan fingerprint density at radius 2 is 1.73 bits per heavy atom. The van der Waals surface area contributed by atoms with Gasteiger partial charge in [0, 0.05) is 6.42 Å². The monoisotopic (exact) mass is 309 g/mol. The Bertz CT molecular complexity index is 308. The molecule has 0 fully saturated rings. The van der Waals surface area contributed by atoms with Crippen molar-refractivity contribution in [2.24, 2.45) is 0 Å². The lowest BCUT2D eigenvalue weighted by Crippen LogP contribution is -2.00. The standard InChI is InChI=1S/C19H33O3/c1-3-4-5-6-7-9-12-15-18(20)16-13-10-8-11-14-17-19(21)22-2/h7,9,12,15,18H,3-6,8,10-11,13-14,16-17H2,1-2H3/b9-7+,15-12+. The summed E-state index contributed by atoms with van der Waals surface area (Å²) in [5.74, 6) is -0.132. The van der Waals surface area contributed by atoms with Crippen molar-refractivity contribution in [3.8, 4) is 0 Å². The van der Waals surface area contributed by atoms with Crippen LogP contribution < -0.4 is 0 Å². The fraction of sp³-hybridized carbons (Fsp3) is 0.737. The molecule has 3 heteroatoms. The molecule has 0 aromatic rings. The molecular weight excluding hydrogens is 276 g/mol. The molecule has 1 radical (unpaired) electrons. The van der Waals surface area contributed by atoms with Gasteiger partial charge in [-0.15, -0.1) is 0 Å². The zero-order valence-corrected chi connectivity index (χ0v) is 14.4. The Hall–Kier alpha value is -1.09. The summed E-state index contributed by atoms with van der Waals surface area (Å²) in [6.07, 6.45) is 18.3. The summed E-state index contributed by atoms with van der Waals surface area (Å²) in [5.41, 5.74) is 0. The molecule has 0 aliphatic rings. The molecule has 0 aliphatic carbocycles. The number of carbonyl (C=O) groups is 1. The molecule has 0 N–H and O–H groups in total. The van der Waals surface area contributed by atoms with Crippen LogP contribution in [0.3, 0.4) is 0 Å². The fourth-order valence-corrected chi connectivity index (χ4v) is 2.22. The Morgan fingerprint density at radius 1 is 1.00 bits per heavy atom. The van der Waals surface area contributed by atoms with Gasteiger partial charge in [0.25, 0.3) is 0 Å². The Kier molecular flexibility index (Phi) is 15.5. The lowest BCUT2D eigenvalue weighted by atomic mass is 10.1. The summed E-state index contributed by atoms with van der Waals surface area (Å²) >= 11 is 0. The van der Waals surface area contributed by atoms with Crippen LogP contribution in [-0.4, -0.2) is 19.2 Å². The molecule has 0 heterocycles. The van der Waals surface area contributed by atoms with E-state index in [0.717, 1.165) is 38.5 Å². The Morgan fingerprint density at radius 3 is 2.45 bits per heavy atom. The third-order valence-corrected chi connectivity index (χ3v) is 3.64. The number of ether oxygens (including phenoxy) is 1. The van der Waals surface area contributed by atoms with E-state index in [1.165, 1.54) is 26.4 Å². The second kappa shape index (κ2) is 16.3. The van der Waals surface area contributed by atoms with E-state index >= 15 is 0 Å². The molecule has 0 aromatic heterocycles. The summed E-state index contributed by atoms with van der Waals surface area (Å²) in [4.78, 5) is 10.9. The molecule has 0 saturated heterocycles. The highest BCUT2D eigenvalue weighted by Crippen LogP contribution is 2.10. The van der Waals surface area contributed by atoms with Gasteiger partial charge in [0.1, 0.15) is 6.10 Å². The van der Waals surface area contributed by atoms with Crippen molar-refractivity contribution in [3.63, 3.8) is 0 Å². The van der Waals surface area contributed by atoms with E-state index in [-0.39, 0.29) is 5.97 Å². The van der Waals surface area contributed by atoms with E-state index in [9.17, 15) is 9.90 Å². The van der Waals surface area contributed by atoms with Crippen LogP contribution in [0.25, 0.3) is 0 Å². The summed E-state index contributed by atoms with van der Waals surface area (Å²) in [6, 6.07) is 0. The number of hydrogen-bond acceptors (Lipinski definition) is 2. The lowest BCUT2D eigenvalue weighted by Gasteiger charge is -2.03. The summed E-state index contributed by atoms with van der Waals surface area (Å²) in [7, 11) is 1.42. The highest BCUT2D eigenvalue weighted by molar-refractivity contribution is 5.68. The predicted molar refractivity (Wildman–Crippen MR) is 91.2 cm³/mol. The average Bonchev–Trinajstić information content (AvgIpc) is 2.52. The number of carbonyl (C=O) groups excluding carboxylic acids is 1. The first kappa shape index (κ1) is 20.9. The molecule has 0 aromatic carbocycles. The SMILES string of the molecule is CCCCC/C=C/C=C/C([O])CCCCCCCC(=O)OC. The molecular formula is C19H33O3. The van der Waals surface area contributed by atoms with Crippen molar-refractivity contribution in [2.45, 2.75) is 83.7 Å². The smallest absolute Gasteiger partial charge is 0.305 e. The first-order valence-corrected chi connectivity index (χ1v) is 8.76. The minimum Gasteiger partial charge on any atom is -0.469 e. The quantitative estimate of drug-likeness (QED) is 0.245. The molecule has 0 amide bonds.